The largest absolute Gasteiger partial charge is 0.469 e. The number of esters is 1. The average molecular weight is 308 g/mol. The zero-order valence-electron chi connectivity index (χ0n) is 12.3. The smallest absolute Gasteiger partial charge is 0.321 e. The van der Waals surface area contributed by atoms with E-state index in [0.29, 0.717) is 11.8 Å². The van der Waals surface area contributed by atoms with E-state index in [0.717, 1.165) is 17.0 Å². The van der Waals surface area contributed by atoms with Crippen LogP contribution in [0.3, 0.4) is 0 Å². The maximum absolute atomic E-state index is 12.3. The first-order chi connectivity index (χ1) is 10.2. The first kappa shape index (κ1) is 15.7. The molecule has 1 unspecified atom stereocenters. The molecule has 1 aliphatic rings. The van der Waals surface area contributed by atoms with Gasteiger partial charge < -0.3 is 10.1 Å². The number of amides is 2. The van der Waals surface area contributed by atoms with E-state index >= 15 is 0 Å². The van der Waals surface area contributed by atoms with E-state index < -0.39 is 0 Å². The molecule has 5 nitrogen and oxygen atoms in total. The van der Waals surface area contributed by atoms with Crippen LogP contribution in [0, 0.1) is 0 Å². The Hall–Kier alpha value is -1.69. The summed E-state index contributed by atoms with van der Waals surface area (Å²) in [6.45, 7) is 3.09. The number of benzene rings is 1. The van der Waals surface area contributed by atoms with Crippen molar-refractivity contribution in [2.75, 3.05) is 25.1 Å². The topological polar surface area (TPSA) is 58.6 Å². The van der Waals surface area contributed by atoms with Gasteiger partial charge in [-0.25, -0.2) is 4.79 Å². The molecule has 0 aliphatic carbocycles. The molecule has 0 aromatic heterocycles. The van der Waals surface area contributed by atoms with Gasteiger partial charge in [0.15, 0.2) is 0 Å². The summed E-state index contributed by atoms with van der Waals surface area (Å²) in [6, 6.07) is 7.74. The maximum atomic E-state index is 12.3. The van der Waals surface area contributed by atoms with Crippen LogP contribution in [0.2, 0.25) is 0 Å². The minimum atomic E-state index is -0.323. The quantitative estimate of drug-likeness (QED) is 0.869. The summed E-state index contributed by atoms with van der Waals surface area (Å²) in [5, 5.41) is 3.17. The molecular weight excluding hydrogens is 288 g/mol. The molecular formula is C15H20N2O3S. The Morgan fingerprint density at radius 1 is 1.43 bits per heavy atom. The predicted molar refractivity (Wildman–Crippen MR) is 83.8 cm³/mol. The first-order valence-electron chi connectivity index (χ1n) is 7.03. The number of ether oxygens (including phenoxy) is 1. The van der Waals surface area contributed by atoms with Crippen molar-refractivity contribution in [3.8, 4) is 0 Å². The summed E-state index contributed by atoms with van der Waals surface area (Å²) >= 11 is 1.81. The Balaban J connectivity index is 2.04. The number of para-hydroxylation sites is 1. The molecule has 0 fully saturated rings. The molecule has 1 aromatic rings. The standard InChI is InChI=1S/C15H20N2O3S/c1-3-11-10-17(12-6-4-5-7-13(12)21-11)15(19)16-9-8-14(18)20-2/h4-7,11H,3,8-10H2,1-2H3,(H,16,19). The Morgan fingerprint density at radius 2 is 2.19 bits per heavy atom. The van der Waals surface area contributed by atoms with Crippen LogP contribution in [0.4, 0.5) is 10.5 Å². The van der Waals surface area contributed by atoms with Gasteiger partial charge in [-0.2, -0.15) is 0 Å². The van der Waals surface area contributed by atoms with Gasteiger partial charge in [-0.15, -0.1) is 11.8 Å². The molecule has 1 N–H and O–H groups in total. The molecule has 2 rings (SSSR count). The highest BCUT2D eigenvalue weighted by Gasteiger charge is 2.27. The molecule has 21 heavy (non-hydrogen) atoms. The lowest BCUT2D eigenvalue weighted by atomic mass is 10.2. The third-order valence-electron chi connectivity index (χ3n) is 3.37. The predicted octanol–water partition coefficient (Wildman–Crippen LogP) is 2.65. The number of methoxy groups -OCH3 is 1. The molecule has 0 bridgehead atoms. The number of urea groups is 1. The summed E-state index contributed by atoms with van der Waals surface area (Å²) in [5.74, 6) is -0.323. The van der Waals surface area contributed by atoms with Gasteiger partial charge in [-0.3, -0.25) is 9.69 Å². The Bertz CT molecular complexity index is 521. The lowest BCUT2D eigenvalue weighted by Crippen LogP contribution is -2.45. The van der Waals surface area contributed by atoms with Crippen molar-refractivity contribution in [1.29, 1.82) is 0 Å². The number of thioether (sulfide) groups is 1. The Kier molecular flexibility index (Phi) is 5.50. The van der Waals surface area contributed by atoms with Crippen molar-refractivity contribution in [1.82, 2.24) is 5.32 Å². The van der Waals surface area contributed by atoms with Crippen molar-refractivity contribution in [2.24, 2.45) is 0 Å². The first-order valence-corrected chi connectivity index (χ1v) is 7.91. The summed E-state index contributed by atoms with van der Waals surface area (Å²) in [4.78, 5) is 26.3. The van der Waals surface area contributed by atoms with Crippen molar-refractivity contribution >= 4 is 29.4 Å². The molecule has 1 atom stereocenters. The van der Waals surface area contributed by atoms with E-state index in [-0.39, 0.29) is 25.0 Å². The normalized spacial score (nSPS) is 17.0. The number of nitrogens with zero attached hydrogens (tertiary/aromatic N) is 1. The van der Waals surface area contributed by atoms with Gasteiger partial charge in [0.05, 0.1) is 19.2 Å². The second-order valence-electron chi connectivity index (χ2n) is 4.78. The lowest BCUT2D eigenvalue weighted by molar-refractivity contribution is -0.140. The molecule has 6 heteroatoms. The number of anilines is 1. The highest BCUT2D eigenvalue weighted by Crippen LogP contribution is 2.39. The fourth-order valence-electron chi connectivity index (χ4n) is 2.17. The Labute approximate surface area is 129 Å². The number of hydrogen-bond acceptors (Lipinski definition) is 4. The number of rotatable bonds is 4. The fraction of sp³-hybridized carbons (Fsp3) is 0.467. The molecule has 1 aromatic carbocycles. The second-order valence-corrected chi connectivity index (χ2v) is 6.13. The van der Waals surface area contributed by atoms with Crippen LogP contribution in [-0.4, -0.2) is 37.4 Å². The highest BCUT2D eigenvalue weighted by atomic mass is 32.2. The van der Waals surface area contributed by atoms with Crippen LogP contribution in [0.25, 0.3) is 0 Å². The van der Waals surface area contributed by atoms with E-state index in [1.807, 2.05) is 36.0 Å². The van der Waals surface area contributed by atoms with Crippen molar-refractivity contribution in [3.05, 3.63) is 24.3 Å². The molecule has 1 aliphatic heterocycles. The molecule has 0 saturated carbocycles. The van der Waals surface area contributed by atoms with E-state index in [1.165, 1.54) is 7.11 Å². The summed E-state index contributed by atoms with van der Waals surface area (Å²) in [5.41, 5.74) is 0.933. The molecule has 1 heterocycles. The van der Waals surface area contributed by atoms with Crippen LogP contribution >= 0.6 is 11.8 Å². The van der Waals surface area contributed by atoms with Gasteiger partial charge >= 0.3 is 12.0 Å². The highest BCUT2D eigenvalue weighted by molar-refractivity contribution is 8.00. The molecule has 0 saturated heterocycles. The van der Waals surface area contributed by atoms with Crippen molar-refractivity contribution in [3.63, 3.8) is 0 Å². The third kappa shape index (κ3) is 3.91. The Morgan fingerprint density at radius 3 is 2.90 bits per heavy atom. The van der Waals surface area contributed by atoms with E-state index in [1.54, 1.807) is 4.90 Å². The fourth-order valence-corrected chi connectivity index (χ4v) is 3.38. The average Bonchev–Trinajstić information content (AvgIpc) is 2.53. The van der Waals surface area contributed by atoms with E-state index in [4.69, 9.17) is 0 Å². The number of nitrogens with one attached hydrogen (secondary N) is 1. The van der Waals surface area contributed by atoms with Crippen molar-refractivity contribution < 1.29 is 14.3 Å². The van der Waals surface area contributed by atoms with E-state index in [2.05, 4.69) is 17.0 Å². The van der Waals surface area contributed by atoms with Crippen LogP contribution < -0.4 is 10.2 Å². The van der Waals surface area contributed by atoms with Gasteiger partial charge in [-0.1, -0.05) is 19.1 Å². The van der Waals surface area contributed by atoms with Crippen LogP contribution in [0.1, 0.15) is 19.8 Å². The molecule has 2 amide bonds. The zero-order chi connectivity index (χ0) is 15.2. The zero-order valence-corrected chi connectivity index (χ0v) is 13.1. The number of carbonyl (C=O) groups is 2. The monoisotopic (exact) mass is 308 g/mol. The van der Waals surface area contributed by atoms with E-state index in [9.17, 15) is 9.59 Å². The lowest BCUT2D eigenvalue weighted by Gasteiger charge is -2.33. The number of hydrogen-bond donors (Lipinski definition) is 1. The summed E-state index contributed by atoms with van der Waals surface area (Å²) < 4.78 is 4.56. The summed E-state index contributed by atoms with van der Waals surface area (Å²) in [7, 11) is 1.34. The van der Waals surface area contributed by atoms with Gasteiger partial charge in [0, 0.05) is 23.2 Å². The summed E-state index contributed by atoms with van der Waals surface area (Å²) in [6.07, 6.45) is 1.19. The third-order valence-corrected chi connectivity index (χ3v) is 4.78. The minimum absolute atomic E-state index is 0.162. The van der Waals surface area contributed by atoms with Gasteiger partial charge in [-0.05, 0) is 18.6 Å². The SMILES string of the molecule is CCC1CN(C(=O)NCCC(=O)OC)c2ccccc2S1. The molecule has 0 spiro atoms. The maximum Gasteiger partial charge on any atom is 0.321 e. The van der Waals surface area contributed by atoms with Gasteiger partial charge in [0.1, 0.15) is 0 Å². The second kappa shape index (κ2) is 7.36. The van der Waals surface area contributed by atoms with Crippen LogP contribution in [0.15, 0.2) is 29.2 Å². The number of fused-ring (bicyclic) bond motifs is 1. The van der Waals surface area contributed by atoms with Gasteiger partial charge in [0.2, 0.25) is 0 Å². The van der Waals surface area contributed by atoms with Crippen molar-refractivity contribution in [2.45, 2.75) is 29.9 Å². The van der Waals surface area contributed by atoms with Crippen LogP contribution in [0.5, 0.6) is 0 Å². The van der Waals surface area contributed by atoms with Crippen LogP contribution in [-0.2, 0) is 9.53 Å². The number of carbonyl (C=O) groups excluding carboxylic acids is 2. The minimum Gasteiger partial charge on any atom is -0.469 e. The molecule has 0 radical (unpaired) electrons. The van der Waals surface area contributed by atoms with Gasteiger partial charge in [0.25, 0.3) is 0 Å². The molecule has 114 valence electrons.